The number of carbonyl (C=O) groups excluding carboxylic acids is 1. The van der Waals surface area contributed by atoms with E-state index in [2.05, 4.69) is 13.8 Å². The number of hydrogen-bond donors (Lipinski definition) is 0. The van der Waals surface area contributed by atoms with E-state index in [-0.39, 0.29) is 23.4 Å². The predicted octanol–water partition coefficient (Wildman–Crippen LogP) is 4.00. The molecule has 2 atom stereocenters. The Balaban J connectivity index is 1.65. The van der Waals surface area contributed by atoms with E-state index in [0.29, 0.717) is 41.1 Å². The van der Waals surface area contributed by atoms with Crippen LogP contribution in [0.4, 0.5) is 0 Å². The van der Waals surface area contributed by atoms with Crippen molar-refractivity contribution in [3.63, 3.8) is 0 Å². The van der Waals surface area contributed by atoms with Crippen molar-refractivity contribution in [2.75, 3.05) is 13.7 Å². The summed E-state index contributed by atoms with van der Waals surface area (Å²) in [5, 5.41) is 0.501. The van der Waals surface area contributed by atoms with Gasteiger partial charge in [0.2, 0.25) is 0 Å². The van der Waals surface area contributed by atoms with Crippen LogP contribution in [0.25, 0.3) is 11.0 Å². The van der Waals surface area contributed by atoms with Gasteiger partial charge in [0.05, 0.1) is 36.7 Å². The van der Waals surface area contributed by atoms with E-state index >= 15 is 0 Å². The van der Waals surface area contributed by atoms with E-state index < -0.39 is 11.0 Å². The molecule has 2 heterocycles. The molecule has 0 spiro atoms. The molecule has 2 aromatic rings. The topological polar surface area (TPSA) is 75.0 Å². The maximum atomic E-state index is 12.5. The summed E-state index contributed by atoms with van der Waals surface area (Å²) in [7, 11) is 1.58. The molecule has 0 radical (unpaired) electrons. The molecule has 29 heavy (non-hydrogen) atoms. The molecular weight excluding hydrogens is 372 g/mol. The third-order valence-corrected chi connectivity index (χ3v) is 7.44. The lowest BCUT2D eigenvalue weighted by Crippen LogP contribution is -2.44. The molecule has 1 aromatic heterocycles. The number of fused-ring (bicyclic) bond motifs is 3. The van der Waals surface area contributed by atoms with Crippen molar-refractivity contribution in [3.8, 4) is 5.75 Å². The smallest absolute Gasteiger partial charge is 0.313 e. The highest BCUT2D eigenvalue weighted by Crippen LogP contribution is 2.65. The molecule has 6 nitrogen and oxygen atoms in total. The van der Waals surface area contributed by atoms with Gasteiger partial charge in [-0.3, -0.25) is 9.59 Å². The summed E-state index contributed by atoms with van der Waals surface area (Å²) >= 11 is 0. The molecule has 0 amide bonds. The van der Waals surface area contributed by atoms with Gasteiger partial charge in [0.15, 0.2) is 5.43 Å². The monoisotopic (exact) mass is 400 g/mol. The first-order valence-electron chi connectivity index (χ1n) is 10.1. The van der Waals surface area contributed by atoms with Crippen LogP contribution in [0.5, 0.6) is 5.75 Å². The second-order valence-electron chi connectivity index (χ2n) is 8.89. The number of ether oxygens (including phenoxy) is 3. The first-order valence-corrected chi connectivity index (χ1v) is 10.1. The third kappa shape index (κ3) is 2.65. The normalized spacial score (nSPS) is 27.4. The lowest BCUT2D eigenvalue weighted by molar-refractivity contribution is -0.166. The van der Waals surface area contributed by atoms with Gasteiger partial charge < -0.3 is 18.6 Å². The average Bonchev–Trinajstić information content (AvgIpc) is 2.97. The summed E-state index contributed by atoms with van der Waals surface area (Å²) in [5.41, 5.74) is -0.325. The van der Waals surface area contributed by atoms with Crippen LogP contribution < -0.4 is 10.2 Å². The summed E-state index contributed by atoms with van der Waals surface area (Å²) < 4.78 is 23.4. The van der Waals surface area contributed by atoms with E-state index in [1.54, 1.807) is 19.2 Å². The van der Waals surface area contributed by atoms with Crippen molar-refractivity contribution in [2.24, 2.45) is 10.8 Å². The van der Waals surface area contributed by atoms with Crippen LogP contribution in [-0.2, 0) is 27.3 Å². The highest BCUT2D eigenvalue weighted by molar-refractivity contribution is 5.83. The summed E-state index contributed by atoms with van der Waals surface area (Å²) in [4.78, 5) is 24.9. The molecule has 0 N–H and O–H groups in total. The summed E-state index contributed by atoms with van der Waals surface area (Å²) in [6.07, 6.45) is 2.20. The fourth-order valence-corrected chi connectivity index (χ4v) is 4.81. The number of methoxy groups -OCH3 is 1. The molecule has 2 unspecified atom stereocenters. The van der Waals surface area contributed by atoms with Crippen LogP contribution in [0.2, 0.25) is 0 Å². The zero-order chi connectivity index (χ0) is 21.0. The van der Waals surface area contributed by atoms with Crippen LogP contribution in [0.1, 0.15) is 51.9 Å². The molecular formula is C23H28O6. The second-order valence-corrected chi connectivity index (χ2v) is 8.89. The number of carbonyl (C=O) groups is 1. The van der Waals surface area contributed by atoms with Crippen LogP contribution in [-0.4, -0.2) is 25.3 Å². The van der Waals surface area contributed by atoms with E-state index in [0.717, 1.165) is 12.8 Å². The Hall–Kier alpha value is -2.34. The van der Waals surface area contributed by atoms with Crippen molar-refractivity contribution >= 4 is 16.9 Å². The van der Waals surface area contributed by atoms with Gasteiger partial charge >= 0.3 is 5.97 Å². The first-order chi connectivity index (χ1) is 13.7. The Morgan fingerprint density at radius 1 is 1.14 bits per heavy atom. The standard InChI is InChI=1S/C23H28O6/c1-6-14-11-17(24)15-7-8-18(26-5)16(19(15)28-14)12-27-13-23-10-9-22(4,20(25)29-23)21(23,2)3/h7-8,11H,6,9-10,12-13H2,1-5H3. The Bertz CT molecular complexity index is 1040. The van der Waals surface area contributed by atoms with E-state index in [1.807, 2.05) is 13.8 Å². The third-order valence-electron chi connectivity index (χ3n) is 7.44. The molecule has 2 aliphatic rings. The number of benzene rings is 1. The maximum Gasteiger partial charge on any atom is 0.313 e. The number of esters is 1. The fourth-order valence-electron chi connectivity index (χ4n) is 4.81. The molecule has 2 bridgehead atoms. The minimum absolute atomic E-state index is 0.0805. The summed E-state index contributed by atoms with van der Waals surface area (Å²) in [5.74, 6) is 1.08. The van der Waals surface area contributed by atoms with Crippen molar-refractivity contribution < 1.29 is 23.4 Å². The average molecular weight is 400 g/mol. The highest BCUT2D eigenvalue weighted by Gasteiger charge is 2.72. The van der Waals surface area contributed by atoms with Gasteiger partial charge in [0.1, 0.15) is 22.7 Å². The SMILES string of the molecule is CCc1cc(=O)c2ccc(OC)c(COCC34CCC(C)(C(=O)O3)C4(C)C)c2o1. The van der Waals surface area contributed by atoms with E-state index in [4.69, 9.17) is 18.6 Å². The van der Waals surface area contributed by atoms with Crippen molar-refractivity contribution in [3.05, 3.63) is 39.7 Å². The second kappa shape index (κ2) is 6.59. The highest BCUT2D eigenvalue weighted by atomic mass is 16.6. The largest absolute Gasteiger partial charge is 0.496 e. The molecule has 2 fully saturated rings. The van der Waals surface area contributed by atoms with Gasteiger partial charge in [0, 0.05) is 17.9 Å². The predicted molar refractivity (Wildman–Crippen MR) is 108 cm³/mol. The molecule has 6 heteroatoms. The Kier molecular flexibility index (Phi) is 4.53. The summed E-state index contributed by atoms with van der Waals surface area (Å²) in [6.45, 7) is 8.58. The fraction of sp³-hybridized carbons (Fsp3) is 0.565. The Morgan fingerprint density at radius 3 is 2.48 bits per heavy atom. The van der Waals surface area contributed by atoms with Gasteiger partial charge in [-0.25, -0.2) is 0 Å². The van der Waals surface area contributed by atoms with Crippen LogP contribution >= 0.6 is 0 Å². The molecule has 1 aliphatic heterocycles. The van der Waals surface area contributed by atoms with Gasteiger partial charge in [-0.2, -0.15) is 0 Å². The van der Waals surface area contributed by atoms with Crippen LogP contribution in [0, 0.1) is 10.8 Å². The lowest BCUT2D eigenvalue weighted by atomic mass is 9.66. The quantitative estimate of drug-likeness (QED) is 0.682. The van der Waals surface area contributed by atoms with Crippen molar-refractivity contribution in [1.29, 1.82) is 0 Å². The zero-order valence-electron chi connectivity index (χ0n) is 17.7. The van der Waals surface area contributed by atoms with E-state index in [1.165, 1.54) is 6.07 Å². The lowest BCUT2D eigenvalue weighted by Gasteiger charge is -2.36. The zero-order valence-corrected chi connectivity index (χ0v) is 17.7. The van der Waals surface area contributed by atoms with E-state index in [9.17, 15) is 9.59 Å². The molecule has 4 rings (SSSR count). The Morgan fingerprint density at radius 2 is 1.90 bits per heavy atom. The number of rotatable bonds is 6. The minimum atomic E-state index is -0.633. The molecule has 1 saturated heterocycles. The number of hydrogen-bond acceptors (Lipinski definition) is 6. The van der Waals surface area contributed by atoms with Crippen LogP contribution in [0.15, 0.2) is 27.4 Å². The van der Waals surface area contributed by atoms with Crippen molar-refractivity contribution in [2.45, 2.75) is 59.2 Å². The molecule has 1 saturated carbocycles. The molecule has 1 aliphatic carbocycles. The Labute approximate surface area is 170 Å². The number of aryl methyl sites for hydroxylation is 1. The first kappa shape index (κ1) is 20.0. The van der Waals surface area contributed by atoms with Gasteiger partial charge in [-0.1, -0.05) is 20.8 Å². The maximum absolute atomic E-state index is 12.5. The minimum Gasteiger partial charge on any atom is -0.496 e. The van der Waals surface area contributed by atoms with Gasteiger partial charge in [-0.15, -0.1) is 0 Å². The molecule has 156 valence electrons. The van der Waals surface area contributed by atoms with Gasteiger partial charge in [-0.05, 0) is 31.9 Å². The summed E-state index contributed by atoms with van der Waals surface area (Å²) in [6, 6.07) is 5.00. The van der Waals surface area contributed by atoms with Crippen LogP contribution in [0.3, 0.4) is 0 Å². The van der Waals surface area contributed by atoms with Crippen molar-refractivity contribution in [1.82, 2.24) is 0 Å². The molecule has 1 aromatic carbocycles. The van der Waals surface area contributed by atoms with Gasteiger partial charge in [0.25, 0.3) is 0 Å².